The lowest BCUT2D eigenvalue weighted by atomic mass is 9.83. The Labute approximate surface area is 124 Å². The molecule has 0 radical (unpaired) electrons. The summed E-state index contributed by atoms with van der Waals surface area (Å²) in [5.41, 5.74) is 12.1. The van der Waals surface area contributed by atoms with E-state index in [1.165, 1.54) is 41.6 Å². The van der Waals surface area contributed by atoms with Gasteiger partial charge in [-0.05, 0) is 60.9 Å². The minimum atomic E-state index is 0.224. The number of nitrogens with two attached hydrogens (primary N) is 1. The Balaban J connectivity index is 2.20. The van der Waals surface area contributed by atoms with Gasteiger partial charge in [0.05, 0.1) is 0 Å². The van der Waals surface area contributed by atoms with E-state index in [-0.39, 0.29) is 5.41 Å². The second kappa shape index (κ2) is 5.87. The van der Waals surface area contributed by atoms with Crippen LogP contribution in [0.2, 0.25) is 0 Å². The van der Waals surface area contributed by atoms with Crippen molar-refractivity contribution in [1.29, 1.82) is 0 Å². The fourth-order valence-corrected chi connectivity index (χ4v) is 3.13. The van der Waals surface area contributed by atoms with Crippen molar-refractivity contribution in [2.45, 2.75) is 65.5 Å². The summed E-state index contributed by atoms with van der Waals surface area (Å²) in [6.45, 7) is 14.6. The van der Waals surface area contributed by atoms with Crippen LogP contribution in [0.25, 0.3) is 0 Å². The Bertz CT molecular complexity index is 448. The highest BCUT2D eigenvalue weighted by molar-refractivity contribution is 5.40. The number of hydrogen-bond acceptors (Lipinski definition) is 2. The zero-order chi connectivity index (χ0) is 14.9. The van der Waals surface area contributed by atoms with Gasteiger partial charge in [-0.1, -0.05) is 32.9 Å². The first-order valence-corrected chi connectivity index (χ1v) is 7.86. The molecule has 1 atom stereocenters. The topological polar surface area (TPSA) is 29.3 Å². The Morgan fingerprint density at radius 2 is 1.80 bits per heavy atom. The lowest BCUT2D eigenvalue weighted by molar-refractivity contribution is 0.201. The van der Waals surface area contributed by atoms with Crippen LogP contribution in [-0.2, 0) is 12.0 Å². The molecule has 0 unspecified atom stereocenters. The predicted molar refractivity (Wildman–Crippen MR) is 87.1 cm³/mol. The van der Waals surface area contributed by atoms with Gasteiger partial charge in [0.25, 0.3) is 0 Å². The Morgan fingerprint density at radius 3 is 2.30 bits per heavy atom. The SMILES string of the molecule is Cc1cc(C(C)(C)C)cc(C)c1CN1CCC[C@@H](N)C1. The Morgan fingerprint density at radius 1 is 1.20 bits per heavy atom. The van der Waals surface area contributed by atoms with E-state index in [0.29, 0.717) is 6.04 Å². The molecule has 20 heavy (non-hydrogen) atoms. The zero-order valence-corrected chi connectivity index (χ0v) is 13.8. The molecule has 0 aromatic heterocycles. The third-order valence-corrected chi connectivity index (χ3v) is 4.49. The average Bonchev–Trinajstić information content (AvgIpc) is 2.32. The normalized spacial score (nSPS) is 21.2. The maximum atomic E-state index is 6.09. The molecule has 1 aliphatic rings. The number of likely N-dealkylation sites (tertiary alicyclic amines) is 1. The number of nitrogens with zero attached hydrogens (tertiary/aromatic N) is 1. The van der Waals surface area contributed by atoms with Gasteiger partial charge in [0.2, 0.25) is 0 Å². The number of piperidine rings is 1. The van der Waals surface area contributed by atoms with Gasteiger partial charge in [0, 0.05) is 19.1 Å². The van der Waals surface area contributed by atoms with Crippen LogP contribution < -0.4 is 5.73 Å². The monoisotopic (exact) mass is 274 g/mol. The molecule has 2 rings (SSSR count). The lowest BCUT2D eigenvalue weighted by Gasteiger charge is -2.32. The summed E-state index contributed by atoms with van der Waals surface area (Å²) >= 11 is 0. The Kier molecular flexibility index (Phi) is 4.55. The van der Waals surface area contributed by atoms with Gasteiger partial charge in [0.15, 0.2) is 0 Å². The Hall–Kier alpha value is -0.860. The quantitative estimate of drug-likeness (QED) is 0.894. The van der Waals surface area contributed by atoms with E-state index >= 15 is 0 Å². The molecule has 1 aromatic rings. The van der Waals surface area contributed by atoms with E-state index in [9.17, 15) is 0 Å². The molecule has 2 N–H and O–H groups in total. The van der Waals surface area contributed by atoms with Crippen molar-refractivity contribution in [3.8, 4) is 0 Å². The van der Waals surface area contributed by atoms with Crippen molar-refractivity contribution in [2.75, 3.05) is 13.1 Å². The third-order valence-electron chi connectivity index (χ3n) is 4.49. The van der Waals surface area contributed by atoms with Crippen LogP contribution in [0.3, 0.4) is 0 Å². The summed E-state index contributed by atoms with van der Waals surface area (Å²) < 4.78 is 0. The predicted octanol–water partition coefficient (Wildman–Crippen LogP) is 3.52. The highest BCUT2D eigenvalue weighted by Gasteiger charge is 2.20. The van der Waals surface area contributed by atoms with Crippen LogP contribution in [0.5, 0.6) is 0 Å². The first-order valence-electron chi connectivity index (χ1n) is 7.86. The van der Waals surface area contributed by atoms with E-state index in [2.05, 4.69) is 51.7 Å². The molecule has 0 saturated carbocycles. The van der Waals surface area contributed by atoms with E-state index in [0.717, 1.165) is 13.1 Å². The van der Waals surface area contributed by atoms with Crippen molar-refractivity contribution >= 4 is 0 Å². The number of rotatable bonds is 2. The van der Waals surface area contributed by atoms with Crippen molar-refractivity contribution in [2.24, 2.45) is 5.73 Å². The second-order valence-electron chi connectivity index (χ2n) is 7.48. The molecule has 1 heterocycles. The number of benzene rings is 1. The van der Waals surface area contributed by atoms with E-state index in [4.69, 9.17) is 5.73 Å². The molecule has 1 aromatic carbocycles. The second-order valence-corrected chi connectivity index (χ2v) is 7.48. The highest BCUT2D eigenvalue weighted by Crippen LogP contribution is 2.28. The summed E-state index contributed by atoms with van der Waals surface area (Å²) in [7, 11) is 0. The summed E-state index contributed by atoms with van der Waals surface area (Å²) in [6.07, 6.45) is 2.41. The molecular weight excluding hydrogens is 244 g/mol. The molecule has 0 bridgehead atoms. The first kappa shape index (κ1) is 15.5. The summed E-state index contributed by atoms with van der Waals surface area (Å²) in [5.74, 6) is 0. The maximum Gasteiger partial charge on any atom is 0.0239 e. The summed E-state index contributed by atoms with van der Waals surface area (Å²) in [6, 6.07) is 5.09. The minimum Gasteiger partial charge on any atom is -0.327 e. The molecular formula is C18H30N2. The van der Waals surface area contributed by atoms with E-state index in [1.807, 2.05) is 0 Å². The van der Waals surface area contributed by atoms with Gasteiger partial charge < -0.3 is 5.73 Å². The zero-order valence-electron chi connectivity index (χ0n) is 13.8. The van der Waals surface area contributed by atoms with Gasteiger partial charge >= 0.3 is 0 Å². The van der Waals surface area contributed by atoms with Gasteiger partial charge in [0.1, 0.15) is 0 Å². The van der Waals surface area contributed by atoms with Crippen LogP contribution in [0, 0.1) is 13.8 Å². The molecule has 0 amide bonds. The van der Waals surface area contributed by atoms with Crippen LogP contribution in [0.15, 0.2) is 12.1 Å². The van der Waals surface area contributed by atoms with E-state index in [1.54, 1.807) is 0 Å². The highest BCUT2D eigenvalue weighted by atomic mass is 15.1. The molecule has 0 spiro atoms. The number of hydrogen-bond donors (Lipinski definition) is 1. The van der Waals surface area contributed by atoms with Gasteiger partial charge in [-0.2, -0.15) is 0 Å². The van der Waals surface area contributed by atoms with Crippen molar-refractivity contribution in [3.63, 3.8) is 0 Å². The van der Waals surface area contributed by atoms with Gasteiger partial charge in [-0.25, -0.2) is 0 Å². The molecule has 1 fully saturated rings. The number of aryl methyl sites for hydroxylation is 2. The molecule has 1 aliphatic heterocycles. The van der Waals surface area contributed by atoms with Crippen LogP contribution >= 0.6 is 0 Å². The van der Waals surface area contributed by atoms with Crippen LogP contribution in [-0.4, -0.2) is 24.0 Å². The van der Waals surface area contributed by atoms with E-state index < -0.39 is 0 Å². The summed E-state index contributed by atoms with van der Waals surface area (Å²) in [5, 5.41) is 0. The smallest absolute Gasteiger partial charge is 0.0239 e. The largest absolute Gasteiger partial charge is 0.327 e. The minimum absolute atomic E-state index is 0.224. The fourth-order valence-electron chi connectivity index (χ4n) is 3.13. The van der Waals surface area contributed by atoms with Crippen molar-refractivity contribution in [1.82, 2.24) is 4.90 Å². The molecule has 1 saturated heterocycles. The van der Waals surface area contributed by atoms with Crippen LogP contribution in [0.1, 0.15) is 55.9 Å². The fraction of sp³-hybridized carbons (Fsp3) is 0.667. The molecule has 0 aliphatic carbocycles. The first-order chi connectivity index (χ1) is 9.27. The van der Waals surface area contributed by atoms with Gasteiger partial charge in [-0.3, -0.25) is 4.90 Å². The van der Waals surface area contributed by atoms with Crippen molar-refractivity contribution in [3.05, 3.63) is 34.4 Å². The standard InChI is InChI=1S/C18H30N2/c1-13-9-15(18(3,4)5)10-14(2)17(13)12-20-8-6-7-16(19)11-20/h9-10,16H,6-8,11-12,19H2,1-5H3/t16-/m1/s1. The molecule has 2 nitrogen and oxygen atoms in total. The lowest BCUT2D eigenvalue weighted by Crippen LogP contribution is -2.42. The third kappa shape index (κ3) is 3.62. The average molecular weight is 274 g/mol. The van der Waals surface area contributed by atoms with Crippen molar-refractivity contribution < 1.29 is 0 Å². The van der Waals surface area contributed by atoms with Crippen LogP contribution in [0.4, 0.5) is 0 Å². The molecule has 2 heteroatoms. The summed E-state index contributed by atoms with van der Waals surface area (Å²) in [4.78, 5) is 2.51. The molecule has 112 valence electrons. The maximum absolute atomic E-state index is 6.09. The van der Waals surface area contributed by atoms with Gasteiger partial charge in [-0.15, -0.1) is 0 Å².